The molecule has 0 bridgehead atoms. The lowest BCUT2D eigenvalue weighted by Crippen LogP contribution is -2.32. The number of likely N-dealkylation sites (tertiary alicyclic amines) is 1. The second kappa shape index (κ2) is 7.66. The zero-order chi connectivity index (χ0) is 22.5. The summed E-state index contributed by atoms with van der Waals surface area (Å²) < 4.78 is 2.22. The van der Waals surface area contributed by atoms with Gasteiger partial charge in [-0.1, -0.05) is 24.8 Å². The van der Waals surface area contributed by atoms with Crippen LogP contribution in [0.5, 0.6) is 0 Å². The van der Waals surface area contributed by atoms with Gasteiger partial charge in [0, 0.05) is 65.0 Å². The molecule has 2 N–H and O–H groups in total. The Morgan fingerprint density at radius 2 is 1.91 bits per heavy atom. The summed E-state index contributed by atoms with van der Waals surface area (Å²) in [6, 6.07) is 12.7. The van der Waals surface area contributed by atoms with Gasteiger partial charge in [-0.3, -0.25) is 9.38 Å². The zero-order valence-corrected chi connectivity index (χ0v) is 19.1. The van der Waals surface area contributed by atoms with Gasteiger partial charge in [0.2, 0.25) is 0 Å². The van der Waals surface area contributed by atoms with E-state index in [-0.39, 0.29) is 0 Å². The molecule has 1 aliphatic heterocycles. The fourth-order valence-electron chi connectivity index (χ4n) is 5.25. The number of aromatic amines is 2. The summed E-state index contributed by atoms with van der Waals surface area (Å²) >= 11 is 0. The Bertz CT molecular complexity index is 1440. The summed E-state index contributed by atoms with van der Waals surface area (Å²) in [5.74, 6) is 1.52. The van der Waals surface area contributed by atoms with Gasteiger partial charge in [0.25, 0.3) is 0 Å². The molecule has 6 nitrogen and oxygen atoms in total. The van der Waals surface area contributed by atoms with E-state index >= 15 is 0 Å². The van der Waals surface area contributed by atoms with Crippen LogP contribution in [0.25, 0.3) is 33.5 Å². The molecule has 0 unspecified atom stereocenters. The molecule has 33 heavy (non-hydrogen) atoms. The predicted octanol–water partition coefficient (Wildman–Crippen LogP) is 5.67. The number of aromatic nitrogens is 5. The second-order valence-electron chi connectivity index (χ2n) is 9.12. The Morgan fingerprint density at radius 3 is 2.67 bits per heavy atom. The summed E-state index contributed by atoms with van der Waals surface area (Å²) in [6.07, 6.45) is 7.91. The average Bonchev–Trinajstić information content (AvgIpc) is 3.53. The molecule has 0 spiro atoms. The van der Waals surface area contributed by atoms with Crippen LogP contribution in [-0.4, -0.2) is 42.3 Å². The van der Waals surface area contributed by atoms with Crippen molar-refractivity contribution in [2.75, 3.05) is 13.1 Å². The molecule has 0 amide bonds. The van der Waals surface area contributed by atoms with Crippen LogP contribution in [0.2, 0.25) is 0 Å². The van der Waals surface area contributed by atoms with Crippen molar-refractivity contribution in [1.82, 2.24) is 29.2 Å². The summed E-state index contributed by atoms with van der Waals surface area (Å²) in [5, 5.41) is 1.20. The smallest absolute Gasteiger partial charge is 0.117 e. The van der Waals surface area contributed by atoms with Gasteiger partial charge in [0.05, 0.1) is 17.4 Å². The van der Waals surface area contributed by atoms with Crippen LogP contribution in [0.3, 0.4) is 0 Å². The lowest BCUT2D eigenvalue weighted by Gasteiger charge is -2.34. The van der Waals surface area contributed by atoms with E-state index in [1.807, 2.05) is 18.6 Å². The van der Waals surface area contributed by atoms with E-state index in [4.69, 9.17) is 4.98 Å². The molecule has 6 rings (SSSR count). The molecule has 0 atom stereocenters. The number of para-hydroxylation sites is 1. The van der Waals surface area contributed by atoms with Crippen LogP contribution in [0.15, 0.2) is 61.6 Å². The normalized spacial score (nSPS) is 15.0. The molecule has 1 aromatic carbocycles. The first kappa shape index (κ1) is 19.9. The summed E-state index contributed by atoms with van der Waals surface area (Å²) in [5.41, 5.74) is 8.90. The van der Waals surface area contributed by atoms with Gasteiger partial charge in [0.1, 0.15) is 11.5 Å². The standard InChI is InChI=1S/C27H28N6/c1-17-14-22(18(2)29-17)19(3)32-11-8-20(9-12-32)27-31-26(25-16-28-10-13-33(25)27)24-15-21-6-4-5-7-23(21)30-24/h4-7,10,13-16,20,29-30H,3,8-9,11-12H2,1-2H3. The predicted molar refractivity (Wildman–Crippen MR) is 133 cm³/mol. The lowest BCUT2D eigenvalue weighted by molar-refractivity contribution is 0.293. The van der Waals surface area contributed by atoms with Crippen molar-refractivity contribution in [3.05, 3.63) is 84.3 Å². The molecular formula is C27H28N6. The number of nitrogens with zero attached hydrogens (tertiary/aromatic N) is 4. The van der Waals surface area contributed by atoms with Crippen molar-refractivity contribution in [3.8, 4) is 11.4 Å². The van der Waals surface area contributed by atoms with Gasteiger partial charge in [-0.05, 0) is 44.9 Å². The maximum absolute atomic E-state index is 5.17. The van der Waals surface area contributed by atoms with Crippen molar-refractivity contribution in [1.29, 1.82) is 0 Å². The fraction of sp³-hybridized carbons (Fsp3) is 0.259. The van der Waals surface area contributed by atoms with E-state index in [1.54, 1.807) is 0 Å². The van der Waals surface area contributed by atoms with Gasteiger partial charge in [-0.25, -0.2) is 4.98 Å². The number of rotatable bonds is 4. The third-order valence-corrected chi connectivity index (χ3v) is 6.96. The molecule has 5 heterocycles. The zero-order valence-electron chi connectivity index (χ0n) is 19.1. The monoisotopic (exact) mass is 436 g/mol. The van der Waals surface area contributed by atoms with E-state index < -0.39 is 0 Å². The van der Waals surface area contributed by atoms with Crippen molar-refractivity contribution in [3.63, 3.8) is 0 Å². The molecule has 6 heteroatoms. The number of H-pyrrole nitrogens is 2. The maximum atomic E-state index is 5.17. The minimum atomic E-state index is 0.399. The van der Waals surface area contributed by atoms with Crippen LogP contribution >= 0.6 is 0 Å². The quantitative estimate of drug-likeness (QED) is 0.381. The van der Waals surface area contributed by atoms with Crippen molar-refractivity contribution >= 4 is 22.1 Å². The Kier molecular flexibility index (Phi) is 4.61. The first-order valence-electron chi connectivity index (χ1n) is 11.6. The first-order chi connectivity index (χ1) is 16.1. The Balaban J connectivity index is 1.30. The van der Waals surface area contributed by atoms with Gasteiger partial charge >= 0.3 is 0 Å². The molecule has 1 aliphatic rings. The number of hydrogen-bond acceptors (Lipinski definition) is 3. The summed E-state index contributed by atoms with van der Waals surface area (Å²) in [7, 11) is 0. The minimum Gasteiger partial charge on any atom is -0.371 e. The summed E-state index contributed by atoms with van der Waals surface area (Å²) in [4.78, 5) is 18.9. The van der Waals surface area contributed by atoms with E-state index in [1.165, 1.54) is 22.3 Å². The van der Waals surface area contributed by atoms with Crippen LogP contribution < -0.4 is 0 Å². The highest BCUT2D eigenvalue weighted by Crippen LogP contribution is 2.35. The van der Waals surface area contributed by atoms with Crippen molar-refractivity contribution in [2.24, 2.45) is 0 Å². The van der Waals surface area contributed by atoms with Gasteiger partial charge in [-0.2, -0.15) is 0 Å². The average molecular weight is 437 g/mol. The molecule has 1 fully saturated rings. The van der Waals surface area contributed by atoms with Crippen LogP contribution in [0, 0.1) is 13.8 Å². The summed E-state index contributed by atoms with van der Waals surface area (Å²) in [6.45, 7) is 10.6. The fourth-order valence-corrected chi connectivity index (χ4v) is 5.25. The Hall–Kier alpha value is -3.80. The highest BCUT2D eigenvalue weighted by Gasteiger charge is 2.27. The minimum absolute atomic E-state index is 0.399. The molecule has 0 radical (unpaired) electrons. The Labute approximate surface area is 193 Å². The lowest BCUT2D eigenvalue weighted by atomic mass is 9.95. The molecular weight excluding hydrogens is 408 g/mol. The molecule has 0 aliphatic carbocycles. The van der Waals surface area contributed by atoms with Crippen molar-refractivity contribution < 1.29 is 0 Å². The first-order valence-corrected chi connectivity index (χ1v) is 11.6. The number of fused-ring (bicyclic) bond motifs is 2. The maximum Gasteiger partial charge on any atom is 0.117 e. The largest absolute Gasteiger partial charge is 0.371 e. The number of piperidine rings is 1. The molecule has 0 saturated carbocycles. The number of hydrogen-bond donors (Lipinski definition) is 2. The molecule has 5 aromatic rings. The van der Waals surface area contributed by atoms with E-state index in [0.717, 1.165) is 59.9 Å². The van der Waals surface area contributed by atoms with Gasteiger partial charge < -0.3 is 14.9 Å². The van der Waals surface area contributed by atoms with Crippen LogP contribution in [0.4, 0.5) is 0 Å². The van der Waals surface area contributed by atoms with Crippen molar-refractivity contribution in [2.45, 2.75) is 32.6 Å². The number of nitrogens with one attached hydrogen (secondary N) is 2. The molecule has 166 valence electrons. The van der Waals surface area contributed by atoms with Gasteiger partial charge in [-0.15, -0.1) is 0 Å². The number of benzene rings is 1. The van der Waals surface area contributed by atoms with E-state index in [0.29, 0.717) is 5.92 Å². The second-order valence-corrected chi connectivity index (χ2v) is 9.12. The highest BCUT2D eigenvalue weighted by atomic mass is 15.1. The highest BCUT2D eigenvalue weighted by molar-refractivity contribution is 5.88. The van der Waals surface area contributed by atoms with Gasteiger partial charge in [0.15, 0.2) is 0 Å². The Morgan fingerprint density at radius 1 is 1.09 bits per heavy atom. The number of aryl methyl sites for hydroxylation is 2. The van der Waals surface area contributed by atoms with Crippen LogP contribution in [-0.2, 0) is 0 Å². The molecule has 1 saturated heterocycles. The van der Waals surface area contributed by atoms with E-state index in [9.17, 15) is 0 Å². The molecule has 4 aromatic heterocycles. The topological polar surface area (TPSA) is 65.0 Å². The third kappa shape index (κ3) is 3.33. The number of imidazole rings is 1. The van der Waals surface area contributed by atoms with Crippen LogP contribution in [0.1, 0.15) is 41.5 Å². The third-order valence-electron chi connectivity index (χ3n) is 6.96. The van der Waals surface area contributed by atoms with E-state index in [2.05, 4.69) is 81.1 Å². The SMILES string of the molecule is C=C(c1cc(C)[nH]c1C)N1CCC(c2nc(-c3cc4ccccc4[nH]3)c3cnccn23)CC1.